The molecule has 0 N–H and O–H groups in total. The first-order valence-corrected chi connectivity index (χ1v) is 8.75. The Balaban J connectivity index is 1.91. The van der Waals surface area contributed by atoms with Gasteiger partial charge >= 0.3 is 0 Å². The summed E-state index contributed by atoms with van der Waals surface area (Å²) in [7, 11) is 0. The highest BCUT2D eigenvalue weighted by Gasteiger charge is 2.16. The Bertz CT molecular complexity index is 1290. The van der Waals surface area contributed by atoms with Gasteiger partial charge in [-0.2, -0.15) is 0 Å². The Morgan fingerprint density at radius 3 is 2.76 bits per heavy atom. The van der Waals surface area contributed by atoms with Gasteiger partial charge in [-0.3, -0.25) is 0 Å². The quantitative estimate of drug-likeness (QED) is 0.317. The van der Waals surface area contributed by atoms with Gasteiger partial charge in [0.05, 0.1) is 16.8 Å². The lowest BCUT2D eigenvalue weighted by Crippen LogP contribution is -1.81. The number of furan rings is 1. The molecule has 3 nitrogen and oxygen atoms in total. The van der Waals surface area contributed by atoms with Crippen LogP contribution in [0.1, 0.15) is 5.56 Å². The SMILES string of the molecule is [C-]#[N+]c1ccc2oc3cc(C)cc(-c4nc5ccccc5s4)c3c2c1. The minimum absolute atomic E-state index is 0.617. The molecule has 0 radical (unpaired) electrons. The van der Waals surface area contributed by atoms with Crippen molar-refractivity contribution in [2.24, 2.45) is 0 Å². The molecular weight excluding hydrogens is 328 g/mol. The molecular formula is C21H12N2OS. The Morgan fingerprint density at radius 2 is 1.92 bits per heavy atom. The van der Waals surface area contributed by atoms with E-state index in [1.54, 1.807) is 17.4 Å². The molecule has 5 rings (SSSR count). The van der Waals surface area contributed by atoms with Gasteiger partial charge < -0.3 is 4.42 Å². The summed E-state index contributed by atoms with van der Waals surface area (Å²) in [4.78, 5) is 8.38. The van der Waals surface area contributed by atoms with Crippen molar-refractivity contribution in [3.05, 3.63) is 71.6 Å². The van der Waals surface area contributed by atoms with E-state index in [0.717, 1.165) is 43.6 Å². The number of para-hydroxylation sites is 1. The minimum Gasteiger partial charge on any atom is -0.456 e. The second kappa shape index (κ2) is 5.17. The van der Waals surface area contributed by atoms with Crippen LogP contribution in [0.25, 0.3) is 47.6 Å². The van der Waals surface area contributed by atoms with Crippen molar-refractivity contribution < 1.29 is 4.42 Å². The number of nitrogens with zero attached hydrogens (tertiary/aromatic N) is 2. The topological polar surface area (TPSA) is 30.4 Å². The molecule has 4 heteroatoms. The zero-order valence-electron chi connectivity index (χ0n) is 13.4. The van der Waals surface area contributed by atoms with Crippen LogP contribution in [0.5, 0.6) is 0 Å². The normalized spacial score (nSPS) is 11.4. The number of rotatable bonds is 1. The maximum Gasteiger partial charge on any atom is 0.188 e. The Kier molecular flexibility index (Phi) is 2.94. The lowest BCUT2D eigenvalue weighted by molar-refractivity contribution is 0.668. The lowest BCUT2D eigenvalue weighted by Gasteiger charge is -2.02. The molecule has 2 aromatic heterocycles. The molecule has 118 valence electrons. The Morgan fingerprint density at radius 1 is 1.04 bits per heavy atom. The van der Waals surface area contributed by atoms with Crippen LogP contribution >= 0.6 is 11.3 Å². The number of aryl methyl sites for hydroxylation is 1. The number of benzene rings is 3. The van der Waals surface area contributed by atoms with Crippen LogP contribution in [0, 0.1) is 13.5 Å². The fourth-order valence-electron chi connectivity index (χ4n) is 3.26. The first kappa shape index (κ1) is 14.2. The van der Waals surface area contributed by atoms with Crippen molar-refractivity contribution in [1.29, 1.82) is 0 Å². The number of thiazole rings is 1. The third-order valence-electron chi connectivity index (χ3n) is 4.35. The predicted molar refractivity (Wildman–Crippen MR) is 103 cm³/mol. The number of hydrogen-bond donors (Lipinski definition) is 0. The van der Waals surface area contributed by atoms with E-state index >= 15 is 0 Å². The zero-order valence-corrected chi connectivity index (χ0v) is 14.2. The molecule has 0 saturated carbocycles. The van der Waals surface area contributed by atoms with Gasteiger partial charge in [0.15, 0.2) is 5.69 Å². The van der Waals surface area contributed by atoms with Crippen LogP contribution in [-0.4, -0.2) is 4.98 Å². The summed E-state index contributed by atoms with van der Waals surface area (Å²) < 4.78 is 7.21. The average Bonchev–Trinajstić information content (AvgIpc) is 3.21. The van der Waals surface area contributed by atoms with E-state index in [1.807, 2.05) is 36.4 Å². The number of aromatic nitrogens is 1. The summed E-state index contributed by atoms with van der Waals surface area (Å²) >= 11 is 1.68. The summed E-state index contributed by atoms with van der Waals surface area (Å²) in [6.07, 6.45) is 0. The second-order valence-electron chi connectivity index (χ2n) is 6.07. The molecule has 0 aliphatic heterocycles. The van der Waals surface area contributed by atoms with Crippen LogP contribution in [0.3, 0.4) is 0 Å². The maximum absolute atomic E-state index is 7.29. The molecule has 0 unspecified atom stereocenters. The summed E-state index contributed by atoms with van der Waals surface area (Å²) in [5.74, 6) is 0. The molecule has 5 aromatic rings. The highest BCUT2D eigenvalue weighted by atomic mass is 32.1. The molecule has 0 atom stereocenters. The van der Waals surface area contributed by atoms with Gasteiger partial charge in [-0.1, -0.05) is 18.2 Å². The number of hydrogen-bond acceptors (Lipinski definition) is 3. The van der Waals surface area contributed by atoms with Gasteiger partial charge in [0.25, 0.3) is 0 Å². The van der Waals surface area contributed by atoms with Gasteiger partial charge in [-0.05, 0) is 48.9 Å². The lowest BCUT2D eigenvalue weighted by atomic mass is 10.0. The van der Waals surface area contributed by atoms with Crippen molar-refractivity contribution in [3.63, 3.8) is 0 Å². The van der Waals surface area contributed by atoms with Gasteiger partial charge in [-0.15, -0.1) is 11.3 Å². The summed E-state index contributed by atoms with van der Waals surface area (Å²) in [6, 6.07) is 17.9. The van der Waals surface area contributed by atoms with E-state index in [2.05, 4.69) is 23.9 Å². The van der Waals surface area contributed by atoms with E-state index in [-0.39, 0.29) is 0 Å². The number of fused-ring (bicyclic) bond motifs is 4. The monoisotopic (exact) mass is 340 g/mol. The highest BCUT2D eigenvalue weighted by molar-refractivity contribution is 7.21. The molecule has 0 bridgehead atoms. The van der Waals surface area contributed by atoms with E-state index < -0.39 is 0 Å². The van der Waals surface area contributed by atoms with E-state index in [9.17, 15) is 0 Å². The van der Waals surface area contributed by atoms with Gasteiger partial charge in [0.2, 0.25) is 0 Å². The molecule has 0 fully saturated rings. The smallest absolute Gasteiger partial charge is 0.188 e. The highest BCUT2D eigenvalue weighted by Crippen LogP contribution is 2.41. The van der Waals surface area contributed by atoms with E-state index in [1.165, 1.54) is 4.70 Å². The predicted octanol–water partition coefficient (Wildman–Crippen LogP) is 6.72. The van der Waals surface area contributed by atoms with E-state index in [4.69, 9.17) is 16.0 Å². The zero-order chi connectivity index (χ0) is 17.0. The molecule has 0 amide bonds. The maximum atomic E-state index is 7.29. The van der Waals surface area contributed by atoms with Crippen LogP contribution in [0.15, 0.2) is 59.0 Å². The molecule has 0 aliphatic carbocycles. The van der Waals surface area contributed by atoms with Crippen molar-refractivity contribution >= 4 is 49.2 Å². The standard InChI is InChI=1S/C21H12N2OS/c1-12-9-15(21-23-16-5-3-4-6-19(16)25-21)20-14-11-13(22-2)7-8-17(14)24-18(20)10-12/h3-11H,1H3. The van der Waals surface area contributed by atoms with Crippen molar-refractivity contribution in [1.82, 2.24) is 4.98 Å². The second-order valence-corrected chi connectivity index (χ2v) is 7.10. The third-order valence-corrected chi connectivity index (χ3v) is 5.42. The minimum atomic E-state index is 0.617. The Labute approximate surface area is 148 Å². The largest absolute Gasteiger partial charge is 0.456 e. The van der Waals surface area contributed by atoms with Crippen molar-refractivity contribution in [2.45, 2.75) is 6.92 Å². The molecule has 2 heterocycles. The van der Waals surface area contributed by atoms with Crippen molar-refractivity contribution in [3.8, 4) is 10.6 Å². The summed E-state index contributed by atoms with van der Waals surface area (Å²) in [5.41, 5.74) is 5.46. The van der Waals surface area contributed by atoms with Crippen LogP contribution in [0.2, 0.25) is 0 Å². The molecule has 25 heavy (non-hydrogen) atoms. The van der Waals surface area contributed by atoms with Gasteiger partial charge in [0, 0.05) is 16.3 Å². The summed E-state index contributed by atoms with van der Waals surface area (Å²) in [5, 5.41) is 2.98. The summed E-state index contributed by atoms with van der Waals surface area (Å²) in [6.45, 7) is 9.35. The third kappa shape index (κ3) is 2.14. The molecule has 0 spiro atoms. The van der Waals surface area contributed by atoms with Crippen molar-refractivity contribution in [2.75, 3.05) is 0 Å². The van der Waals surface area contributed by atoms with Crippen LogP contribution < -0.4 is 0 Å². The molecule has 3 aromatic carbocycles. The first-order chi connectivity index (χ1) is 12.2. The molecule has 0 aliphatic rings. The average molecular weight is 340 g/mol. The van der Waals surface area contributed by atoms with Gasteiger partial charge in [-0.25, -0.2) is 9.83 Å². The fourth-order valence-corrected chi connectivity index (χ4v) is 4.25. The van der Waals surface area contributed by atoms with Crippen LogP contribution in [0.4, 0.5) is 5.69 Å². The van der Waals surface area contributed by atoms with Gasteiger partial charge in [0.1, 0.15) is 16.2 Å². The first-order valence-electron chi connectivity index (χ1n) is 7.93. The fraction of sp³-hybridized carbons (Fsp3) is 0.0476. The Hall–Kier alpha value is -3.16. The van der Waals surface area contributed by atoms with Crippen LogP contribution in [-0.2, 0) is 0 Å². The molecule has 0 saturated heterocycles. The van der Waals surface area contributed by atoms with E-state index in [0.29, 0.717) is 5.69 Å².